The predicted molar refractivity (Wildman–Crippen MR) is 110 cm³/mol. The third-order valence-electron chi connectivity index (χ3n) is 4.92. The summed E-state index contributed by atoms with van der Waals surface area (Å²) in [6.07, 6.45) is 2.18. The number of carbonyl (C=O) groups excluding carboxylic acids is 1. The van der Waals surface area contributed by atoms with Crippen LogP contribution < -0.4 is 10.4 Å². The molecule has 30 heavy (non-hydrogen) atoms. The number of nitrogens with zero attached hydrogens (tertiary/aromatic N) is 1. The molecule has 8 heteroatoms. The van der Waals surface area contributed by atoms with Crippen molar-refractivity contribution in [1.29, 1.82) is 0 Å². The van der Waals surface area contributed by atoms with E-state index in [0.29, 0.717) is 30.7 Å². The molecule has 0 radical (unpaired) electrons. The Labute approximate surface area is 174 Å². The van der Waals surface area contributed by atoms with E-state index >= 15 is 0 Å². The Morgan fingerprint density at radius 1 is 1.30 bits per heavy atom. The van der Waals surface area contributed by atoms with Crippen molar-refractivity contribution in [3.05, 3.63) is 63.2 Å². The molecule has 2 N–H and O–H groups in total. The first-order valence-corrected chi connectivity index (χ1v) is 9.71. The van der Waals surface area contributed by atoms with Crippen LogP contribution in [0.5, 0.6) is 5.75 Å². The van der Waals surface area contributed by atoms with Gasteiger partial charge in [-0.3, -0.25) is 9.59 Å². The van der Waals surface area contributed by atoms with Crippen LogP contribution in [-0.2, 0) is 17.6 Å². The molecule has 0 spiro atoms. The van der Waals surface area contributed by atoms with E-state index in [9.17, 15) is 14.7 Å². The third-order valence-corrected chi connectivity index (χ3v) is 4.92. The molecule has 1 atom stereocenters. The van der Waals surface area contributed by atoms with E-state index in [1.807, 2.05) is 24.3 Å². The minimum absolute atomic E-state index is 0.0669. The van der Waals surface area contributed by atoms with Gasteiger partial charge in [0.15, 0.2) is 0 Å². The molecule has 1 aromatic heterocycles. The number of piperidine rings is 1. The zero-order valence-electron chi connectivity index (χ0n) is 17.2. The van der Waals surface area contributed by atoms with Gasteiger partial charge in [0.2, 0.25) is 0 Å². The molecular weight excluding hydrogens is 390 g/mol. The summed E-state index contributed by atoms with van der Waals surface area (Å²) in [6, 6.07) is 9.50. The van der Waals surface area contributed by atoms with Gasteiger partial charge in [0.25, 0.3) is 12.4 Å². The Balaban J connectivity index is 0.00000101. The number of carbonyl (C=O) groups is 2. The quantitative estimate of drug-likeness (QED) is 0.715. The molecule has 1 saturated heterocycles. The molecular formula is C22H27NO7. The maximum atomic E-state index is 12.7. The molecule has 3 rings (SSSR count). The lowest BCUT2D eigenvalue weighted by Crippen LogP contribution is -2.43. The molecule has 1 aliphatic rings. The van der Waals surface area contributed by atoms with E-state index in [2.05, 4.69) is 0 Å². The second-order valence-electron chi connectivity index (χ2n) is 7.06. The van der Waals surface area contributed by atoms with Crippen molar-refractivity contribution in [2.75, 3.05) is 20.2 Å². The minimum Gasteiger partial charge on any atom is -0.497 e. The fourth-order valence-electron chi connectivity index (χ4n) is 3.41. The number of aryl methyl sites for hydroxylation is 3. The highest BCUT2D eigenvalue weighted by Crippen LogP contribution is 2.17. The normalized spacial score (nSPS) is 15.7. The SMILES string of the molecule is COc1ccc(CCc2cc(C)c(C(=O)N3CCCC(O)C3)c(=O)o2)cc1.O=CO. The van der Waals surface area contributed by atoms with Gasteiger partial charge in [-0.2, -0.15) is 0 Å². The van der Waals surface area contributed by atoms with Crippen LogP contribution in [0, 0.1) is 6.92 Å². The maximum Gasteiger partial charge on any atom is 0.349 e. The number of hydrogen-bond donors (Lipinski definition) is 2. The molecule has 2 heterocycles. The lowest BCUT2D eigenvalue weighted by atomic mass is 10.0. The largest absolute Gasteiger partial charge is 0.497 e. The minimum atomic E-state index is -0.607. The van der Waals surface area contributed by atoms with Gasteiger partial charge in [0.05, 0.1) is 13.2 Å². The van der Waals surface area contributed by atoms with E-state index in [4.69, 9.17) is 19.1 Å². The lowest BCUT2D eigenvalue weighted by Gasteiger charge is -2.30. The van der Waals surface area contributed by atoms with Crippen LogP contribution in [-0.4, -0.2) is 53.8 Å². The summed E-state index contributed by atoms with van der Waals surface area (Å²) in [5, 5.41) is 16.7. The van der Waals surface area contributed by atoms with Crippen LogP contribution in [0.15, 0.2) is 39.5 Å². The predicted octanol–water partition coefficient (Wildman–Crippen LogP) is 2.04. The molecule has 162 valence electrons. The van der Waals surface area contributed by atoms with E-state index in [0.717, 1.165) is 24.2 Å². The molecule has 8 nitrogen and oxygen atoms in total. The number of rotatable bonds is 5. The third kappa shape index (κ3) is 6.18. The second-order valence-corrected chi connectivity index (χ2v) is 7.06. The van der Waals surface area contributed by atoms with Crippen LogP contribution in [0.1, 0.15) is 40.1 Å². The zero-order chi connectivity index (χ0) is 22.1. The van der Waals surface area contributed by atoms with Crippen LogP contribution in [0.3, 0.4) is 0 Å². The van der Waals surface area contributed by atoms with Crippen LogP contribution in [0.2, 0.25) is 0 Å². The first-order valence-electron chi connectivity index (χ1n) is 9.71. The Morgan fingerprint density at radius 3 is 2.53 bits per heavy atom. The Kier molecular flexibility index (Phi) is 8.61. The summed E-state index contributed by atoms with van der Waals surface area (Å²) in [6.45, 7) is 2.31. The van der Waals surface area contributed by atoms with Crippen molar-refractivity contribution < 1.29 is 29.0 Å². The summed E-state index contributed by atoms with van der Waals surface area (Å²) in [4.78, 5) is 35.0. The second kappa shape index (κ2) is 11.2. The Bertz CT molecular complexity index is 905. The van der Waals surface area contributed by atoms with Crippen molar-refractivity contribution in [3.8, 4) is 5.75 Å². The van der Waals surface area contributed by atoms with Crippen molar-refractivity contribution in [2.24, 2.45) is 0 Å². The van der Waals surface area contributed by atoms with Gasteiger partial charge in [-0.05, 0) is 55.5 Å². The summed E-state index contributed by atoms with van der Waals surface area (Å²) in [5.41, 5.74) is 1.18. The van der Waals surface area contributed by atoms with Gasteiger partial charge < -0.3 is 24.3 Å². The standard InChI is InChI=1S/C21H25NO5.CH2O2/c1-14-12-18(10-7-15-5-8-17(26-2)9-6-15)27-21(25)19(14)20(24)22-11-3-4-16(23)13-22;2-1-3/h5-6,8-9,12,16,23H,3-4,7,10-11,13H2,1-2H3;1H,(H,2,3). The topological polar surface area (TPSA) is 117 Å². The number of amides is 1. The highest BCUT2D eigenvalue weighted by atomic mass is 16.5. The number of aliphatic hydroxyl groups is 1. The number of ether oxygens (including phenoxy) is 1. The number of hydrogen-bond acceptors (Lipinski definition) is 6. The molecule has 0 aliphatic carbocycles. The highest BCUT2D eigenvalue weighted by molar-refractivity contribution is 5.95. The zero-order valence-corrected chi connectivity index (χ0v) is 17.2. The van der Waals surface area contributed by atoms with Gasteiger partial charge in [-0.15, -0.1) is 0 Å². The molecule has 2 aromatic rings. The summed E-state index contributed by atoms with van der Waals surface area (Å²) >= 11 is 0. The smallest absolute Gasteiger partial charge is 0.349 e. The fraction of sp³-hybridized carbons (Fsp3) is 0.409. The molecule has 0 bridgehead atoms. The Hall–Kier alpha value is -3.13. The molecule has 1 unspecified atom stereocenters. The van der Waals surface area contributed by atoms with E-state index in [-0.39, 0.29) is 24.5 Å². The maximum absolute atomic E-state index is 12.7. The number of benzene rings is 1. The van der Waals surface area contributed by atoms with Gasteiger partial charge in [0.1, 0.15) is 17.1 Å². The van der Waals surface area contributed by atoms with Gasteiger partial charge in [0, 0.05) is 19.5 Å². The van der Waals surface area contributed by atoms with Gasteiger partial charge in [-0.1, -0.05) is 12.1 Å². The van der Waals surface area contributed by atoms with Crippen LogP contribution >= 0.6 is 0 Å². The van der Waals surface area contributed by atoms with Crippen LogP contribution in [0.25, 0.3) is 0 Å². The van der Waals surface area contributed by atoms with E-state index in [1.165, 1.54) is 4.90 Å². The summed E-state index contributed by atoms with van der Waals surface area (Å²) < 4.78 is 10.5. The molecule has 1 aliphatic heterocycles. The number of β-amino-alcohol motifs (C(OH)–C–C–N with tert-alkyl or cyclic N) is 1. The summed E-state index contributed by atoms with van der Waals surface area (Å²) in [5.74, 6) is 0.997. The van der Waals surface area contributed by atoms with Crippen molar-refractivity contribution >= 4 is 12.4 Å². The van der Waals surface area contributed by atoms with Crippen molar-refractivity contribution in [2.45, 2.75) is 38.7 Å². The first-order chi connectivity index (χ1) is 14.4. The van der Waals surface area contributed by atoms with Gasteiger partial charge in [-0.25, -0.2) is 4.79 Å². The van der Waals surface area contributed by atoms with Crippen LogP contribution in [0.4, 0.5) is 0 Å². The number of likely N-dealkylation sites (tertiary alicyclic amines) is 1. The average molecular weight is 417 g/mol. The number of aliphatic hydroxyl groups excluding tert-OH is 1. The number of carboxylic acid groups (broad SMARTS) is 1. The average Bonchev–Trinajstić information content (AvgIpc) is 2.72. The Morgan fingerprint density at radius 2 is 1.97 bits per heavy atom. The molecule has 1 aromatic carbocycles. The fourth-order valence-corrected chi connectivity index (χ4v) is 3.41. The molecule has 0 saturated carbocycles. The van der Waals surface area contributed by atoms with E-state index < -0.39 is 11.7 Å². The number of methoxy groups -OCH3 is 1. The first kappa shape index (κ1) is 23.2. The van der Waals surface area contributed by atoms with Crippen molar-refractivity contribution in [3.63, 3.8) is 0 Å². The highest BCUT2D eigenvalue weighted by Gasteiger charge is 2.27. The van der Waals surface area contributed by atoms with E-state index in [1.54, 1.807) is 20.1 Å². The summed E-state index contributed by atoms with van der Waals surface area (Å²) in [7, 11) is 1.62. The van der Waals surface area contributed by atoms with Crippen molar-refractivity contribution in [1.82, 2.24) is 4.90 Å². The monoisotopic (exact) mass is 417 g/mol. The lowest BCUT2D eigenvalue weighted by molar-refractivity contribution is -0.122. The van der Waals surface area contributed by atoms with Gasteiger partial charge >= 0.3 is 5.63 Å². The molecule has 1 fully saturated rings. The molecule has 1 amide bonds.